The maximum absolute atomic E-state index is 12.6. The monoisotopic (exact) mass is 380 g/mol. The van der Waals surface area contributed by atoms with Gasteiger partial charge in [-0.15, -0.1) is 0 Å². The van der Waals surface area contributed by atoms with Crippen molar-refractivity contribution in [3.63, 3.8) is 0 Å². The van der Waals surface area contributed by atoms with Crippen LogP contribution >= 0.6 is 0 Å². The molecule has 28 heavy (non-hydrogen) atoms. The molecule has 5 rings (SSSR count). The van der Waals surface area contributed by atoms with Crippen molar-refractivity contribution in [2.45, 2.75) is 24.9 Å². The first kappa shape index (κ1) is 17.4. The molecule has 7 nitrogen and oxygen atoms in total. The third-order valence-electron chi connectivity index (χ3n) is 6.63. The van der Waals surface area contributed by atoms with Crippen LogP contribution in [0.3, 0.4) is 0 Å². The van der Waals surface area contributed by atoms with Crippen molar-refractivity contribution in [1.82, 2.24) is 20.2 Å². The summed E-state index contributed by atoms with van der Waals surface area (Å²) in [5.41, 5.74) is 0.766. The Hall–Kier alpha value is -2.67. The van der Waals surface area contributed by atoms with Gasteiger partial charge in [0.05, 0.1) is 6.10 Å². The Morgan fingerprint density at radius 2 is 2.07 bits per heavy atom. The number of nitrogens with one attached hydrogen (secondary N) is 2. The molecule has 7 heteroatoms. The number of rotatable bonds is 5. The quantitative estimate of drug-likeness (QED) is 0.725. The predicted octanol–water partition coefficient (Wildman–Crippen LogP) is 1.15. The van der Waals surface area contributed by atoms with Gasteiger partial charge in [0.1, 0.15) is 0 Å². The Morgan fingerprint density at radius 3 is 2.75 bits per heavy atom. The minimum atomic E-state index is -0.578. The molecule has 2 aromatic rings. The van der Waals surface area contributed by atoms with Crippen LogP contribution in [-0.4, -0.2) is 57.5 Å². The van der Waals surface area contributed by atoms with E-state index >= 15 is 0 Å². The number of amides is 2. The lowest BCUT2D eigenvalue weighted by Crippen LogP contribution is -2.31. The molecule has 146 valence electrons. The number of aromatic amines is 1. The predicted molar refractivity (Wildman–Crippen MR) is 101 cm³/mol. The van der Waals surface area contributed by atoms with Gasteiger partial charge in [-0.2, -0.15) is 0 Å². The first-order valence-corrected chi connectivity index (χ1v) is 9.90. The molecule has 2 heterocycles. The number of likely N-dealkylation sites (tertiary alicyclic amines) is 1. The SMILES string of the molecule is O=C(NC[C@@H]1[C@@H](c2ccccc2)[C@]12CN(C(=O)C1CC1)C[C@@H]2O)c1ncc[nH]1. The zero-order valence-corrected chi connectivity index (χ0v) is 15.5. The number of carbonyl (C=O) groups is 2. The van der Waals surface area contributed by atoms with E-state index in [1.165, 1.54) is 0 Å². The van der Waals surface area contributed by atoms with Crippen molar-refractivity contribution in [2.75, 3.05) is 19.6 Å². The smallest absolute Gasteiger partial charge is 0.287 e. The van der Waals surface area contributed by atoms with E-state index < -0.39 is 6.10 Å². The van der Waals surface area contributed by atoms with Crippen molar-refractivity contribution < 1.29 is 14.7 Å². The van der Waals surface area contributed by atoms with Gasteiger partial charge in [0, 0.05) is 43.4 Å². The van der Waals surface area contributed by atoms with Gasteiger partial charge in [0.25, 0.3) is 5.91 Å². The highest BCUT2D eigenvalue weighted by molar-refractivity contribution is 5.90. The second-order valence-corrected chi connectivity index (χ2v) is 8.26. The molecule has 3 fully saturated rings. The highest BCUT2D eigenvalue weighted by Crippen LogP contribution is 2.68. The van der Waals surface area contributed by atoms with Gasteiger partial charge >= 0.3 is 0 Å². The Bertz CT molecular complexity index is 880. The van der Waals surface area contributed by atoms with Crippen LogP contribution in [0.15, 0.2) is 42.7 Å². The van der Waals surface area contributed by atoms with E-state index in [2.05, 4.69) is 27.4 Å². The molecule has 2 aliphatic carbocycles. The van der Waals surface area contributed by atoms with Crippen LogP contribution in [0.25, 0.3) is 0 Å². The van der Waals surface area contributed by atoms with Crippen LogP contribution in [0.1, 0.15) is 34.9 Å². The topological polar surface area (TPSA) is 98.3 Å². The number of carbonyl (C=O) groups excluding carboxylic acids is 2. The molecule has 0 unspecified atom stereocenters. The normalized spacial score (nSPS) is 31.2. The van der Waals surface area contributed by atoms with E-state index in [0.29, 0.717) is 19.6 Å². The highest BCUT2D eigenvalue weighted by atomic mass is 16.3. The summed E-state index contributed by atoms with van der Waals surface area (Å²) in [4.78, 5) is 33.5. The maximum atomic E-state index is 12.6. The average molecular weight is 380 g/mol. The van der Waals surface area contributed by atoms with Gasteiger partial charge in [-0.05, 0) is 30.2 Å². The van der Waals surface area contributed by atoms with Crippen molar-refractivity contribution in [3.8, 4) is 0 Å². The average Bonchev–Trinajstić information content (AvgIpc) is 3.55. The minimum absolute atomic E-state index is 0.0841. The number of aromatic nitrogens is 2. The number of nitrogens with zero attached hydrogens (tertiary/aromatic N) is 2. The molecule has 0 radical (unpaired) electrons. The summed E-state index contributed by atoms with van der Waals surface area (Å²) in [6.45, 7) is 1.40. The Kier molecular flexibility index (Phi) is 4.01. The number of imidazole rings is 1. The lowest BCUT2D eigenvalue weighted by molar-refractivity contribution is -0.131. The first-order chi connectivity index (χ1) is 13.6. The van der Waals surface area contributed by atoms with Crippen LogP contribution < -0.4 is 5.32 Å². The summed E-state index contributed by atoms with van der Waals surface area (Å²) in [6.07, 6.45) is 4.50. The zero-order valence-electron chi connectivity index (χ0n) is 15.5. The lowest BCUT2D eigenvalue weighted by Gasteiger charge is -2.16. The van der Waals surface area contributed by atoms with E-state index in [4.69, 9.17) is 0 Å². The van der Waals surface area contributed by atoms with Gasteiger partial charge in [0.15, 0.2) is 5.82 Å². The molecule has 1 saturated heterocycles. The second kappa shape index (κ2) is 6.44. The first-order valence-electron chi connectivity index (χ1n) is 9.90. The van der Waals surface area contributed by atoms with Crippen molar-refractivity contribution in [2.24, 2.45) is 17.3 Å². The summed E-state index contributed by atoms with van der Waals surface area (Å²) < 4.78 is 0. The molecule has 1 aliphatic heterocycles. The maximum Gasteiger partial charge on any atom is 0.287 e. The summed E-state index contributed by atoms with van der Waals surface area (Å²) in [5, 5.41) is 13.9. The van der Waals surface area contributed by atoms with E-state index in [1.54, 1.807) is 12.4 Å². The molecule has 3 N–H and O–H groups in total. The number of hydrogen-bond donors (Lipinski definition) is 3. The molecule has 2 saturated carbocycles. The molecule has 1 aromatic carbocycles. The molecule has 4 atom stereocenters. The van der Waals surface area contributed by atoms with E-state index in [9.17, 15) is 14.7 Å². The fraction of sp³-hybridized carbons (Fsp3) is 0.476. The molecule has 1 aromatic heterocycles. The Morgan fingerprint density at radius 1 is 1.29 bits per heavy atom. The van der Waals surface area contributed by atoms with Gasteiger partial charge in [-0.3, -0.25) is 9.59 Å². The Balaban J connectivity index is 1.36. The molecule has 3 aliphatic rings. The number of H-pyrrole nitrogens is 1. The summed E-state index contributed by atoms with van der Waals surface area (Å²) in [7, 11) is 0. The lowest BCUT2D eigenvalue weighted by atomic mass is 9.95. The van der Waals surface area contributed by atoms with E-state index in [1.807, 2.05) is 23.1 Å². The molecular weight excluding hydrogens is 356 g/mol. The molecule has 0 bridgehead atoms. The fourth-order valence-electron chi connectivity index (χ4n) is 5.03. The van der Waals surface area contributed by atoms with Gasteiger partial charge in [-0.25, -0.2) is 4.98 Å². The van der Waals surface area contributed by atoms with Crippen molar-refractivity contribution >= 4 is 11.8 Å². The van der Waals surface area contributed by atoms with Gasteiger partial charge < -0.3 is 20.3 Å². The van der Waals surface area contributed by atoms with Crippen LogP contribution in [-0.2, 0) is 4.79 Å². The number of β-amino-alcohol motifs (C(OH)–C–C–N with tert-alkyl or cyclic N) is 1. The fourth-order valence-corrected chi connectivity index (χ4v) is 5.03. The standard InChI is InChI=1S/C21H24N4O3/c26-16-11-25(20(28)14-6-7-14)12-21(16)15(17(21)13-4-2-1-3-5-13)10-24-19(27)18-22-8-9-23-18/h1-5,8-9,14-17,26H,6-7,10-12H2,(H,22,23)(H,24,27)/t15-,16+,17-,21-/m1/s1. The van der Waals surface area contributed by atoms with Crippen LogP contribution in [0.2, 0.25) is 0 Å². The van der Waals surface area contributed by atoms with Crippen molar-refractivity contribution in [1.29, 1.82) is 0 Å². The van der Waals surface area contributed by atoms with E-state index in [-0.39, 0.29) is 40.8 Å². The van der Waals surface area contributed by atoms with Crippen molar-refractivity contribution in [3.05, 3.63) is 54.1 Å². The minimum Gasteiger partial charge on any atom is -0.391 e. The van der Waals surface area contributed by atoms with E-state index in [0.717, 1.165) is 18.4 Å². The van der Waals surface area contributed by atoms with Gasteiger partial charge in [-0.1, -0.05) is 30.3 Å². The largest absolute Gasteiger partial charge is 0.391 e. The number of aliphatic hydroxyl groups is 1. The second-order valence-electron chi connectivity index (χ2n) is 8.26. The molecule has 2 amide bonds. The number of hydrogen-bond acceptors (Lipinski definition) is 4. The van der Waals surface area contributed by atoms with Crippen LogP contribution in [0.4, 0.5) is 0 Å². The number of aliphatic hydroxyl groups excluding tert-OH is 1. The molecular formula is C21H24N4O3. The van der Waals surface area contributed by atoms with Crippen LogP contribution in [0, 0.1) is 17.3 Å². The summed E-state index contributed by atoms with van der Waals surface area (Å²) in [5.74, 6) is 0.556. The number of benzene rings is 1. The van der Waals surface area contributed by atoms with Gasteiger partial charge in [0.2, 0.25) is 5.91 Å². The Labute approximate surface area is 163 Å². The summed E-state index contributed by atoms with van der Waals surface area (Å²) in [6, 6.07) is 10.1. The van der Waals surface area contributed by atoms with Crippen LogP contribution in [0.5, 0.6) is 0 Å². The zero-order chi connectivity index (χ0) is 19.3. The highest BCUT2D eigenvalue weighted by Gasteiger charge is 2.71. The summed E-state index contributed by atoms with van der Waals surface area (Å²) >= 11 is 0. The third kappa shape index (κ3) is 2.73. The molecule has 1 spiro atoms. The third-order valence-corrected chi connectivity index (χ3v) is 6.63.